The molecule has 0 fully saturated rings. The Balaban J connectivity index is 1.63. The molecule has 146 valence electrons. The zero-order valence-corrected chi connectivity index (χ0v) is 15.8. The maximum absolute atomic E-state index is 12.4. The van der Waals surface area contributed by atoms with Crippen molar-refractivity contribution in [1.82, 2.24) is 4.98 Å². The SMILES string of the molecule is O=c1oc2ccccc2cc1-c1csc(-c2cc3cc([N+](=O)[O-])ccc3oc2=O)n1. The number of nitro groups is 1. The molecule has 0 atom stereocenters. The maximum atomic E-state index is 12.4. The summed E-state index contributed by atoms with van der Waals surface area (Å²) in [6.45, 7) is 0. The molecule has 30 heavy (non-hydrogen) atoms. The molecule has 8 nitrogen and oxygen atoms in total. The minimum Gasteiger partial charge on any atom is -0.422 e. The van der Waals surface area contributed by atoms with E-state index < -0.39 is 16.2 Å². The third kappa shape index (κ3) is 2.97. The van der Waals surface area contributed by atoms with Crippen LogP contribution >= 0.6 is 11.3 Å². The average molecular weight is 418 g/mol. The van der Waals surface area contributed by atoms with Crippen LogP contribution in [0, 0.1) is 10.1 Å². The fourth-order valence-electron chi connectivity index (χ4n) is 3.14. The van der Waals surface area contributed by atoms with E-state index in [1.54, 1.807) is 23.6 Å². The van der Waals surface area contributed by atoms with Gasteiger partial charge in [-0.05, 0) is 24.3 Å². The number of non-ortho nitro benzene ring substituents is 1. The molecule has 0 N–H and O–H groups in total. The van der Waals surface area contributed by atoms with Crippen LogP contribution in [0.2, 0.25) is 0 Å². The maximum Gasteiger partial charge on any atom is 0.346 e. The van der Waals surface area contributed by atoms with Crippen LogP contribution in [-0.4, -0.2) is 9.91 Å². The molecule has 0 saturated carbocycles. The molecule has 0 aliphatic rings. The van der Waals surface area contributed by atoms with Crippen LogP contribution < -0.4 is 11.3 Å². The Labute approximate surface area is 170 Å². The zero-order chi connectivity index (χ0) is 20.8. The third-order valence-electron chi connectivity index (χ3n) is 4.58. The number of nitro benzene ring substituents is 1. The standard InChI is InChI=1S/C21H10N2O6S/c24-20-14(8-11-3-1-2-4-17(11)28-20)16-10-30-19(22-16)15-9-12-7-13(23(26)27)5-6-18(12)29-21(15)25/h1-10H. The molecule has 0 unspecified atom stereocenters. The average Bonchev–Trinajstić information content (AvgIpc) is 3.22. The van der Waals surface area contributed by atoms with Gasteiger partial charge in [0, 0.05) is 28.3 Å². The Hall–Kier alpha value is -4.11. The lowest BCUT2D eigenvalue weighted by molar-refractivity contribution is -0.384. The van der Waals surface area contributed by atoms with E-state index in [1.807, 2.05) is 12.1 Å². The van der Waals surface area contributed by atoms with E-state index in [4.69, 9.17) is 8.83 Å². The van der Waals surface area contributed by atoms with Gasteiger partial charge in [-0.1, -0.05) is 18.2 Å². The summed E-state index contributed by atoms with van der Waals surface area (Å²) >= 11 is 1.16. The van der Waals surface area contributed by atoms with E-state index in [0.717, 1.165) is 16.7 Å². The lowest BCUT2D eigenvalue weighted by Crippen LogP contribution is -2.04. The van der Waals surface area contributed by atoms with Gasteiger partial charge in [0.25, 0.3) is 5.69 Å². The van der Waals surface area contributed by atoms with Crippen molar-refractivity contribution in [3.63, 3.8) is 0 Å². The quantitative estimate of drug-likeness (QED) is 0.239. The predicted molar refractivity (Wildman–Crippen MR) is 112 cm³/mol. The van der Waals surface area contributed by atoms with Gasteiger partial charge >= 0.3 is 11.3 Å². The van der Waals surface area contributed by atoms with Crippen molar-refractivity contribution >= 4 is 39.0 Å². The summed E-state index contributed by atoms with van der Waals surface area (Å²) in [7, 11) is 0. The molecule has 0 saturated heterocycles. The van der Waals surface area contributed by atoms with Crippen LogP contribution in [-0.2, 0) is 0 Å². The van der Waals surface area contributed by atoms with Gasteiger partial charge in [0.05, 0.1) is 21.7 Å². The first kappa shape index (κ1) is 18.0. The number of hydrogen-bond acceptors (Lipinski definition) is 8. The summed E-state index contributed by atoms with van der Waals surface area (Å²) < 4.78 is 10.6. The minimum absolute atomic E-state index is 0.115. The van der Waals surface area contributed by atoms with Crippen molar-refractivity contribution in [2.24, 2.45) is 0 Å². The van der Waals surface area contributed by atoms with Gasteiger partial charge in [0.2, 0.25) is 0 Å². The minimum atomic E-state index is -0.622. The Morgan fingerprint density at radius 1 is 0.867 bits per heavy atom. The fraction of sp³-hybridized carbons (Fsp3) is 0. The van der Waals surface area contributed by atoms with E-state index >= 15 is 0 Å². The normalized spacial score (nSPS) is 11.2. The monoisotopic (exact) mass is 418 g/mol. The molecule has 2 aromatic carbocycles. The van der Waals surface area contributed by atoms with Gasteiger partial charge in [-0.3, -0.25) is 10.1 Å². The number of fused-ring (bicyclic) bond motifs is 2. The number of hydrogen-bond donors (Lipinski definition) is 0. The number of aromatic nitrogens is 1. The molecule has 0 aliphatic carbocycles. The lowest BCUT2D eigenvalue weighted by Gasteiger charge is -2.00. The molecule has 0 radical (unpaired) electrons. The molecule has 0 spiro atoms. The summed E-state index contributed by atoms with van der Waals surface area (Å²) in [6, 6.07) is 14.3. The molecule has 0 bridgehead atoms. The van der Waals surface area contributed by atoms with Crippen molar-refractivity contribution in [1.29, 1.82) is 0 Å². The second-order valence-electron chi connectivity index (χ2n) is 6.45. The summed E-state index contributed by atoms with van der Waals surface area (Å²) in [5.41, 5.74) is 0.236. The van der Waals surface area contributed by atoms with E-state index in [9.17, 15) is 19.7 Å². The van der Waals surface area contributed by atoms with E-state index in [-0.39, 0.29) is 22.4 Å². The van der Waals surface area contributed by atoms with E-state index in [1.165, 1.54) is 24.3 Å². The lowest BCUT2D eigenvalue weighted by atomic mass is 10.1. The van der Waals surface area contributed by atoms with Gasteiger partial charge < -0.3 is 8.83 Å². The van der Waals surface area contributed by atoms with Gasteiger partial charge in [0.1, 0.15) is 16.2 Å². The molecule has 0 aliphatic heterocycles. The number of para-hydroxylation sites is 1. The predicted octanol–water partition coefficient (Wildman–Crippen LogP) is 4.60. The highest BCUT2D eigenvalue weighted by atomic mass is 32.1. The van der Waals surface area contributed by atoms with Crippen LogP contribution in [0.15, 0.2) is 78.4 Å². The fourth-order valence-corrected chi connectivity index (χ4v) is 3.96. The summed E-state index contributed by atoms with van der Waals surface area (Å²) in [4.78, 5) is 39.7. The van der Waals surface area contributed by atoms with Crippen LogP contribution in [0.4, 0.5) is 5.69 Å². The van der Waals surface area contributed by atoms with Gasteiger partial charge in [0.15, 0.2) is 0 Å². The van der Waals surface area contributed by atoms with E-state index in [0.29, 0.717) is 21.7 Å². The Bertz CT molecular complexity index is 1580. The molecule has 5 rings (SSSR count). The van der Waals surface area contributed by atoms with E-state index in [2.05, 4.69) is 4.98 Å². The van der Waals surface area contributed by atoms with Crippen LogP contribution in [0.3, 0.4) is 0 Å². The summed E-state index contributed by atoms with van der Waals surface area (Å²) in [5, 5.41) is 14.1. The molecule has 0 amide bonds. The molecular formula is C21H10N2O6S. The van der Waals surface area contributed by atoms with Gasteiger partial charge in [-0.15, -0.1) is 11.3 Å². The molecule has 3 heterocycles. The Morgan fingerprint density at radius 2 is 1.57 bits per heavy atom. The van der Waals surface area contributed by atoms with Crippen LogP contribution in [0.25, 0.3) is 43.8 Å². The van der Waals surface area contributed by atoms with Crippen molar-refractivity contribution in [2.75, 3.05) is 0 Å². The summed E-state index contributed by atoms with van der Waals surface area (Å²) in [6.07, 6.45) is 0. The highest BCUT2D eigenvalue weighted by Crippen LogP contribution is 2.29. The molecule has 9 heteroatoms. The second-order valence-corrected chi connectivity index (χ2v) is 7.31. The van der Waals surface area contributed by atoms with Gasteiger partial charge in [-0.2, -0.15) is 0 Å². The summed E-state index contributed by atoms with van der Waals surface area (Å²) in [5.74, 6) is 0. The first-order valence-electron chi connectivity index (χ1n) is 8.71. The Kier molecular flexibility index (Phi) is 4.04. The zero-order valence-electron chi connectivity index (χ0n) is 15.0. The van der Waals surface area contributed by atoms with Crippen molar-refractivity contribution in [3.05, 3.63) is 90.9 Å². The highest BCUT2D eigenvalue weighted by Gasteiger charge is 2.17. The Morgan fingerprint density at radius 3 is 2.37 bits per heavy atom. The second kappa shape index (κ2) is 6.75. The van der Waals surface area contributed by atoms with Crippen molar-refractivity contribution in [3.8, 4) is 21.8 Å². The number of benzene rings is 2. The third-order valence-corrected chi connectivity index (χ3v) is 5.45. The smallest absolute Gasteiger partial charge is 0.346 e. The van der Waals surface area contributed by atoms with Gasteiger partial charge in [-0.25, -0.2) is 14.6 Å². The number of thiazole rings is 1. The van der Waals surface area contributed by atoms with Crippen molar-refractivity contribution in [2.45, 2.75) is 0 Å². The van der Waals surface area contributed by atoms with Crippen LogP contribution in [0.1, 0.15) is 0 Å². The molecule has 3 aromatic heterocycles. The first-order valence-corrected chi connectivity index (χ1v) is 9.59. The molecule has 5 aromatic rings. The first-order chi connectivity index (χ1) is 14.5. The topological polar surface area (TPSA) is 116 Å². The number of rotatable bonds is 3. The largest absolute Gasteiger partial charge is 0.422 e. The van der Waals surface area contributed by atoms with Crippen LogP contribution in [0.5, 0.6) is 0 Å². The highest BCUT2D eigenvalue weighted by molar-refractivity contribution is 7.13. The number of nitrogens with zero attached hydrogens (tertiary/aromatic N) is 2. The molecular weight excluding hydrogens is 408 g/mol. The van der Waals surface area contributed by atoms with Crippen molar-refractivity contribution < 1.29 is 13.8 Å².